The number of allylic oxidation sites excluding steroid dienone is 1. The molecule has 1 saturated carbocycles. The molecule has 4 nitrogen and oxygen atoms in total. The van der Waals surface area contributed by atoms with Crippen LogP contribution in [0, 0.1) is 5.92 Å². The second-order valence-corrected chi connectivity index (χ2v) is 7.82. The number of anilines is 1. The highest BCUT2D eigenvalue weighted by Gasteiger charge is 2.66. The van der Waals surface area contributed by atoms with E-state index in [1.165, 1.54) is 12.0 Å². The Kier molecular flexibility index (Phi) is 2.80. The molecule has 5 rings (SSSR count). The Hall–Kier alpha value is -1.81. The Labute approximate surface area is 142 Å². The minimum atomic E-state index is -0.0431. The van der Waals surface area contributed by atoms with E-state index in [0.717, 1.165) is 31.6 Å². The van der Waals surface area contributed by atoms with Gasteiger partial charge in [-0.15, -0.1) is 0 Å². The van der Waals surface area contributed by atoms with Crippen LogP contribution in [0.15, 0.2) is 29.8 Å². The molecular weight excluding hydrogens is 300 g/mol. The fraction of sp³-hybridized carbons (Fsp3) is 0.550. The van der Waals surface area contributed by atoms with Crippen molar-refractivity contribution in [3.63, 3.8) is 0 Å². The highest BCUT2D eigenvalue weighted by atomic mass is 16.3. The van der Waals surface area contributed by atoms with Crippen LogP contribution in [-0.4, -0.2) is 41.1 Å². The predicted molar refractivity (Wildman–Crippen MR) is 93.2 cm³/mol. The van der Waals surface area contributed by atoms with Crippen LogP contribution >= 0.6 is 0 Å². The Morgan fingerprint density at radius 3 is 2.96 bits per heavy atom. The summed E-state index contributed by atoms with van der Waals surface area (Å²) in [6.07, 6.45) is 5.62. The standard InChI is InChI=1S/C20H24N2O2/c1-3-14-13-7-9-21-10-8-20(19(14)21)15-5-4-6-16(24)18(15)22(12(2)23)17(20)11-13/h3-6,13,17,19,24H,7-11H2,1-2H3/t13-,17-,19-,20-/m1/s1. The molecular formula is C20H24N2O2. The van der Waals surface area contributed by atoms with Gasteiger partial charge in [0.25, 0.3) is 0 Å². The molecule has 2 saturated heterocycles. The summed E-state index contributed by atoms with van der Waals surface area (Å²) >= 11 is 0. The zero-order chi connectivity index (χ0) is 16.6. The zero-order valence-electron chi connectivity index (χ0n) is 14.3. The fourth-order valence-electron chi connectivity index (χ4n) is 6.35. The van der Waals surface area contributed by atoms with Crippen molar-refractivity contribution in [1.29, 1.82) is 0 Å². The number of hydrogen-bond acceptors (Lipinski definition) is 3. The van der Waals surface area contributed by atoms with Crippen LogP contribution in [0.1, 0.15) is 38.7 Å². The molecule has 24 heavy (non-hydrogen) atoms. The molecule has 4 aliphatic rings. The first-order chi connectivity index (χ1) is 11.6. The van der Waals surface area contributed by atoms with Gasteiger partial charge in [-0.1, -0.05) is 23.8 Å². The van der Waals surface area contributed by atoms with E-state index in [1.807, 2.05) is 11.0 Å². The molecule has 1 aromatic rings. The largest absolute Gasteiger partial charge is 0.506 e. The van der Waals surface area contributed by atoms with E-state index >= 15 is 0 Å². The van der Waals surface area contributed by atoms with Crippen LogP contribution in [0.5, 0.6) is 5.75 Å². The van der Waals surface area contributed by atoms with E-state index in [0.29, 0.717) is 12.0 Å². The molecule has 1 N–H and O–H groups in total. The van der Waals surface area contributed by atoms with Gasteiger partial charge in [-0.05, 0) is 56.8 Å². The quantitative estimate of drug-likeness (QED) is 0.746. The van der Waals surface area contributed by atoms with Crippen LogP contribution in [0.3, 0.4) is 0 Å². The zero-order valence-corrected chi connectivity index (χ0v) is 14.3. The minimum Gasteiger partial charge on any atom is -0.506 e. The summed E-state index contributed by atoms with van der Waals surface area (Å²) in [5.41, 5.74) is 3.49. The van der Waals surface area contributed by atoms with Gasteiger partial charge in [-0.25, -0.2) is 0 Å². The first kappa shape index (κ1) is 14.5. The monoisotopic (exact) mass is 324 g/mol. The maximum atomic E-state index is 12.5. The van der Waals surface area contributed by atoms with Crippen molar-refractivity contribution < 1.29 is 9.90 Å². The molecule has 126 valence electrons. The molecule has 3 fully saturated rings. The third-order valence-electron chi connectivity index (χ3n) is 7.06. The molecule has 1 aromatic carbocycles. The Balaban J connectivity index is 1.81. The van der Waals surface area contributed by atoms with Crippen LogP contribution in [-0.2, 0) is 10.2 Å². The van der Waals surface area contributed by atoms with Crippen LogP contribution in [0.2, 0.25) is 0 Å². The maximum Gasteiger partial charge on any atom is 0.224 e. The van der Waals surface area contributed by atoms with Gasteiger partial charge in [0.1, 0.15) is 5.75 Å². The summed E-state index contributed by atoms with van der Waals surface area (Å²) in [7, 11) is 0. The number of rotatable bonds is 0. The van der Waals surface area contributed by atoms with Gasteiger partial charge in [-0.3, -0.25) is 9.69 Å². The number of nitrogens with zero attached hydrogens (tertiary/aromatic N) is 2. The Morgan fingerprint density at radius 2 is 2.21 bits per heavy atom. The number of hydrogen-bond donors (Lipinski definition) is 1. The summed E-state index contributed by atoms with van der Waals surface area (Å²) in [5, 5.41) is 10.6. The van der Waals surface area contributed by atoms with Gasteiger partial charge in [0.2, 0.25) is 5.91 Å². The van der Waals surface area contributed by atoms with Gasteiger partial charge in [-0.2, -0.15) is 0 Å². The number of phenols is 1. The average Bonchev–Trinajstić information content (AvgIpc) is 3.10. The maximum absolute atomic E-state index is 12.5. The fourth-order valence-corrected chi connectivity index (χ4v) is 6.35. The molecule has 3 heterocycles. The van der Waals surface area contributed by atoms with E-state index in [4.69, 9.17) is 0 Å². The molecule has 0 unspecified atom stereocenters. The van der Waals surface area contributed by atoms with E-state index in [9.17, 15) is 9.90 Å². The lowest BCUT2D eigenvalue weighted by Gasteiger charge is -2.53. The van der Waals surface area contributed by atoms with Gasteiger partial charge in [0.15, 0.2) is 0 Å². The van der Waals surface area contributed by atoms with Crippen molar-refractivity contribution in [2.75, 3.05) is 18.0 Å². The second-order valence-electron chi connectivity index (χ2n) is 7.82. The number of para-hydroxylation sites is 1. The lowest BCUT2D eigenvalue weighted by atomic mass is 9.58. The molecule has 0 aromatic heterocycles. The summed E-state index contributed by atoms with van der Waals surface area (Å²) in [4.78, 5) is 17.1. The average molecular weight is 324 g/mol. The Morgan fingerprint density at radius 1 is 1.38 bits per heavy atom. The number of aromatic hydroxyl groups is 1. The third kappa shape index (κ3) is 1.47. The molecule has 4 atom stereocenters. The SMILES string of the molecule is CC=C1[C@@H]2CCN3CC[C@]4(c5cccc(O)c5N(C(C)=O)[C@@H]4C2)[C@@H]13. The van der Waals surface area contributed by atoms with Crippen molar-refractivity contribution >= 4 is 11.6 Å². The van der Waals surface area contributed by atoms with Crippen molar-refractivity contribution in [3.8, 4) is 5.75 Å². The van der Waals surface area contributed by atoms with Crippen LogP contribution in [0.4, 0.5) is 5.69 Å². The highest BCUT2D eigenvalue weighted by Crippen LogP contribution is 2.63. The number of benzene rings is 1. The second kappa shape index (κ2) is 4.63. The third-order valence-corrected chi connectivity index (χ3v) is 7.06. The first-order valence-electron chi connectivity index (χ1n) is 9.12. The molecule has 3 aliphatic heterocycles. The summed E-state index contributed by atoms with van der Waals surface area (Å²) in [6.45, 7) is 6.06. The number of fused-ring (bicyclic) bond motifs is 2. The van der Waals surface area contributed by atoms with Gasteiger partial charge >= 0.3 is 0 Å². The molecule has 1 amide bonds. The van der Waals surface area contributed by atoms with Crippen molar-refractivity contribution in [2.45, 2.75) is 50.6 Å². The number of amides is 1. The molecule has 1 aliphatic carbocycles. The first-order valence-corrected chi connectivity index (χ1v) is 9.12. The van der Waals surface area contributed by atoms with Crippen molar-refractivity contribution in [3.05, 3.63) is 35.4 Å². The van der Waals surface area contributed by atoms with Crippen LogP contribution in [0.25, 0.3) is 0 Å². The topological polar surface area (TPSA) is 43.8 Å². The smallest absolute Gasteiger partial charge is 0.224 e. The minimum absolute atomic E-state index is 0.0431. The number of piperidine rings is 1. The summed E-state index contributed by atoms with van der Waals surface area (Å²) in [5.74, 6) is 0.882. The van der Waals surface area contributed by atoms with Crippen molar-refractivity contribution in [1.82, 2.24) is 4.90 Å². The summed E-state index contributed by atoms with van der Waals surface area (Å²) in [6, 6.07) is 6.39. The van der Waals surface area contributed by atoms with Gasteiger partial charge in [0.05, 0.1) is 5.69 Å². The van der Waals surface area contributed by atoms with E-state index < -0.39 is 0 Å². The highest BCUT2D eigenvalue weighted by molar-refractivity contribution is 5.98. The van der Waals surface area contributed by atoms with Crippen LogP contribution < -0.4 is 4.90 Å². The molecule has 1 spiro atoms. The predicted octanol–water partition coefficient (Wildman–Crippen LogP) is 2.81. The Bertz CT molecular complexity index is 771. The van der Waals surface area contributed by atoms with E-state index in [-0.39, 0.29) is 23.1 Å². The number of carbonyl (C=O) groups is 1. The number of carbonyl (C=O) groups excluding carboxylic acids is 1. The summed E-state index contributed by atoms with van der Waals surface area (Å²) < 4.78 is 0. The molecule has 0 radical (unpaired) electrons. The normalized spacial score (nSPS) is 38.3. The number of phenolic OH excluding ortho intramolecular Hbond substituents is 1. The van der Waals surface area contributed by atoms with Gasteiger partial charge in [0, 0.05) is 24.4 Å². The molecule has 2 bridgehead atoms. The van der Waals surface area contributed by atoms with Gasteiger partial charge < -0.3 is 10.0 Å². The van der Waals surface area contributed by atoms with Crippen molar-refractivity contribution in [2.24, 2.45) is 5.92 Å². The van der Waals surface area contributed by atoms with E-state index in [2.05, 4.69) is 24.0 Å². The van der Waals surface area contributed by atoms with E-state index in [1.54, 1.807) is 18.6 Å². The molecule has 4 heteroatoms. The lowest BCUT2D eigenvalue weighted by molar-refractivity contribution is -0.117. The lowest BCUT2D eigenvalue weighted by Crippen LogP contribution is -2.61.